The van der Waals surface area contributed by atoms with Crippen molar-refractivity contribution in [2.45, 2.75) is 25.2 Å². The van der Waals surface area contributed by atoms with Crippen molar-refractivity contribution in [3.8, 4) is 11.3 Å². The third kappa shape index (κ3) is 2.76. The fraction of sp³-hybridized carbons (Fsp3) is 0.333. The van der Waals surface area contributed by atoms with Crippen LogP contribution in [-0.2, 0) is 12.3 Å². The van der Waals surface area contributed by atoms with Gasteiger partial charge >= 0.3 is 0 Å². The average molecular weight is 358 g/mol. The van der Waals surface area contributed by atoms with Crippen LogP contribution in [0.3, 0.4) is 0 Å². The van der Waals surface area contributed by atoms with Gasteiger partial charge in [-0.1, -0.05) is 12.1 Å². The van der Waals surface area contributed by atoms with E-state index in [4.69, 9.17) is 11.6 Å². The summed E-state index contributed by atoms with van der Waals surface area (Å²) in [5.41, 5.74) is 7.85. The highest BCUT2D eigenvalue weighted by molar-refractivity contribution is 5.69. The summed E-state index contributed by atoms with van der Waals surface area (Å²) >= 11 is 0. The molecule has 136 valence electrons. The van der Waals surface area contributed by atoms with E-state index in [0.29, 0.717) is 17.2 Å². The molecule has 1 aromatic carbocycles. The van der Waals surface area contributed by atoms with Crippen LogP contribution in [0.15, 0.2) is 36.7 Å². The lowest BCUT2D eigenvalue weighted by molar-refractivity contribution is -0.00593. The minimum absolute atomic E-state index is 0.125. The third-order valence-corrected chi connectivity index (χ3v) is 4.86. The first kappa shape index (κ1) is 16.7. The number of halogens is 2. The highest BCUT2D eigenvalue weighted by Gasteiger charge is 2.43. The molecule has 1 saturated heterocycles. The second kappa shape index (κ2) is 6.21. The Morgan fingerprint density at radius 2 is 1.88 bits per heavy atom. The van der Waals surface area contributed by atoms with E-state index in [9.17, 15) is 8.78 Å². The lowest BCUT2D eigenvalue weighted by Gasteiger charge is -2.31. The van der Waals surface area contributed by atoms with Crippen molar-refractivity contribution in [2.75, 3.05) is 23.0 Å². The zero-order valence-corrected chi connectivity index (χ0v) is 14.2. The summed E-state index contributed by atoms with van der Waals surface area (Å²) in [6, 6.07) is 7.28. The van der Waals surface area contributed by atoms with Gasteiger partial charge in [0.2, 0.25) is 5.95 Å². The minimum Gasteiger partial charge on any atom is -0.403 e. The van der Waals surface area contributed by atoms with Gasteiger partial charge in [0.25, 0.3) is 5.92 Å². The fourth-order valence-electron chi connectivity index (χ4n) is 3.28. The van der Waals surface area contributed by atoms with Gasteiger partial charge in [0.05, 0.1) is 11.4 Å². The molecule has 0 amide bonds. The van der Waals surface area contributed by atoms with E-state index < -0.39 is 5.92 Å². The van der Waals surface area contributed by atoms with Crippen LogP contribution in [0.25, 0.3) is 11.3 Å². The molecule has 1 aliphatic heterocycles. The Kier molecular flexibility index (Phi) is 3.99. The molecule has 4 N–H and O–H groups in total. The summed E-state index contributed by atoms with van der Waals surface area (Å²) < 4.78 is 28.6. The standard InChI is InChI=1S/C18H20F2N6/c19-18(20)7-6-14-15(23-17(24-16(14)18)25-9-1-10-25)12-2-4-13(5-3-12)26(22)11-8-21/h2-5,8,11H,1,6-7,9-10,21-22H2/b11-8-. The number of nitrogens with two attached hydrogens (primary N) is 2. The van der Waals surface area contributed by atoms with Crippen molar-refractivity contribution in [1.82, 2.24) is 9.97 Å². The zero-order valence-electron chi connectivity index (χ0n) is 14.2. The Hall–Kier alpha value is -2.74. The topological polar surface area (TPSA) is 84.3 Å². The molecule has 26 heavy (non-hydrogen) atoms. The summed E-state index contributed by atoms with van der Waals surface area (Å²) in [6.07, 6.45) is 3.95. The first-order valence-corrected chi connectivity index (χ1v) is 8.56. The summed E-state index contributed by atoms with van der Waals surface area (Å²) in [4.78, 5) is 10.7. The van der Waals surface area contributed by atoms with E-state index in [1.54, 1.807) is 12.1 Å². The number of hydrogen-bond acceptors (Lipinski definition) is 6. The molecule has 1 aliphatic carbocycles. The molecule has 4 rings (SSSR count). The molecule has 0 spiro atoms. The van der Waals surface area contributed by atoms with E-state index in [1.165, 1.54) is 17.4 Å². The van der Waals surface area contributed by atoms with Gasteiger partial charge in [-0.05, 0) is 25.0 Å². The second-order valence-corrected chi connectivity index (χ2v) is 6.54. The molecular weight excluding hydrogens is 338 g/mol. The molecule has 0 bridgehead atoms. The van der Waals surface area contributed by atoms with Gasteiger partial charge in [0, 0.05) is 43.0 Å². The monoisotopic (exact) mass is 358 g/mol. The number of aromatic nitrogens is 2. The van der Waals surface area contributed by atoms with E-state index in [-0.39, 0.29) is 18.5 Å². The van der Waals surface area contributed by atoms with Crippen LogP contribution in [0.4, 0.5) is 20.4 Å². The maximum absolute atomic E-state index is 14.3. The number of fused-ring (bicyclic) bond motifs is 1. The predicted octanol–water partition coefficient (Wildman–Crippen LogP) is 2.50. The molecule has 6 nitrogen and oxygen atoms in total. The van der Waals surface area contributed by atoms with E-state index in [1.807, 2.05) is 17.0 Å². The number of hydrazine groups is 1. The highest BCUT2D eigenvalue weighted by Crippen LogP contribution is 2.44. The molecule has 0 atom stereocenters. The Bertz CT molecular complexity index is 846. The van der Waals surface area contributed by atoms with E-state index in [0.717, 1.165) is 30.8 Å². The molecule has 1 aromatic heterocycles. The molecule has 8 heteroatoms. The SMILES string of the molecule is N/C=C\N(N)c1ccc(-c2nc(N3CCC3)nc3c2CCC3(F)F)cc1. The summed E-state index contributed by atoms with van der Waals surface area (Å²) in [7, 11) is 0. The molecular formula is C18H20F2N6. The van der Waals surface area contributed by atoms with Crippen LogP contribution in [0.1, 0.15) is 24.1 Å². The van der Waals surface area contributed by atoms with E-state index in [2.05, 4.69) is 9.97 Å². The maximum Gasteiger partial charge on any atom is 0.290 e. The molecule has 0 radical (unpaired) electrons. The first-order chi connectivity index (χ1) is 12.5. The molecule has 0 saturated carbocycles. The Labute approximate surface area is 150 Å². The van der Waals surface area contributed by atoms with Gasteiger partial charge < -0.3 is 10.6 Å². The Morgan fingerprint density at radius 3 is 2.50 bits per heavy atom. The average Bonchev–Trinajstić information content (AvgIpc) is 2.88. The third-order valence-electron chi connectivity index (χ3n) is 4.86. The van der Waals surface area contributed by atoms with Crippen LogP contribution in [-0.4, -0.2) is 23.1 Å². The number of nitrogens with zero attached hydrogens (tertiary/aromatic N) is 4. The van der Waals surface area contributed by atoms with Crippen LogP contribution in [0.2, 0.25) is 0 Å². The molecule has 0 unspecified atom stereocenters. The number of alkyl halides is 2. The normalized spacial score (nSPS) is 18.0. The molecule has 2 aromatic rings. The highest BCUT2D eigenvalue weighted by atomic mass is 19.3. The molecule has 2 aliphatic rings. The van der Waals surface area contributed by atoms with Crippen molar-refractivity contribution in [3.05, 3.63) is 47.9 Å². The number of anilines is 2. The van der Waals surface area contributed by atoms with Crippen molar-refractivity contribution in [3.63, 3.8) is 0 Å². The van der Waals surface area contributed by atoms with Crippen molar-refractivity contribution >= 4 is 11.6 Å². The van der Waals surface area contributed by atoms with Crippen LogP contribution in [0, 0.1) is 0 Å². The van der Waals surface area contributed by atoms with Gasteiger partial charge in [-0.25, -0.2) is 15.8 Å². The number of rotatable bonds is 4. The smallest absolute Gasteiger partial charge is 0.290 e. The predicted molar refractivity (Wildman–Crippen MR) is 96.5 cm³/mol. The number of hydrogen-bond donors (Lipinski definition) is 2. The summed E-state index contributed by atoms with van der Waals surface area (Å²) in [5, 5.41) is 1.38. The van der Waals surface area contributed by atoms with Crippen LogP contribution in [0.5, 0.6) is 0 Å². The van der Waals surface area contributed by atoms with Crippen molar-refractivity contribution in [1.29, 1.82) is 0 Å². The first-order valence-electron chi connectivity index (χ1n) is 8.56. The van der Waals surface area contributed by atoms with Gasteiger partial charge in [-0.3, -0.25) is 5.01 Å². The minimum atomic E-state index is -2.90. The van der Waals surface area contributed by atoms with Crippen molar-refractivity contribution in [2.24, 2.45) is 11.6 Å². The zero-order chi connectivity index (χ0) is 18.3. The Morgan fingerprint density at radius 1 is 1.15 bits per heavy atom. The van der Waals surface area contributed by atoms with Crippen LogP contribution < -0.4 is 21.5 Å². The van der Waals surface area contributed by atoms with Gasteiger partial charge in [-0.2, -0.15) is 8.78 Å². The van der Waals surface area contributed by atoms with Gasteiger partial charge in [0.1, 0.15) is 5.69 Å². The maximum atomic E-state index is 14.3. The second-order valence-electron chi connectivity index (χ2n) is 6.54. The van der Waals surface area contributed by atoms with E-state index >= 15 is 0 Å². The number of benzene rings is 1. The summed E-state index contributed by atoms with van der Waals surface area (Å²) in [5.74, 6) is 3.34. The van der Waals surface area contributed by atoms with Gasteiger partial charge in [-0.15, -0.1) is 0 Å². The fourth-order valence-corrected chi connectivity index (χ4v) is 3.28. The summed E-state index contributed by atoms with van der Waals surface area (Å²) in [6.45, 7) is 1.60. The Balaban J connectivity index is 1.77. The molecule has 1 fully saturated rings. The lowest BCUT2D eigenvalue weighted by Crippen LogP contribution is -2.38. The quantitative estimate of drug-likeness (QED) is 0.645. The largest absolute Gasteiger partial charge is 0.403 e. The van der Waals surface area contributed by atoms with Gasteiger partial charge in [0.15, 0.2) is 0 Å². The lowest BCUT2D eigenvalue weighted by atomic mass is 10.0. The van der Waals surface area contributed by atoms with Crippen molar-refractivity contribution < 1.29 is 8.78 Å². The molecule has 2 heterocycles. The van der Waals surface area contributed by atoms with Crippen LogP contribution >= 0.6 is 0 Å².